The Hall–Kier alpha value is -0.940. The van der Waals surface area contributed by atoms with Crippen molar-refractivity contribution in [2.45, 2.75) is 147 Å². The van der Waals surface area contributed by atoms with E-state index in [0.717, 1.165) is 30.6 Å². The third-order valence-electron chi connectivity index (χ3n) is 17.1. The predicted octanol–water partition coefficient (Wildman–Crippen LogP) is 7.71. The third kappa shape index (κ3) is 5.02. The molecule has 6 saturated carbocycles. The van der Waals surface area contributed by atoms with Crippen molar-refractivity contribution in [1.82, 2.24) is 4.90 Å². The van der Waals surface area contributed by atoms with Crippen molar-refractivity contribution in [2.75, 3.05) is 13.1 Å². The standard InChI is InChI=1S/C43H65NO3/c1-25-9-12-41-43(47,31-8-4-6-28(18-31)17-29-15-26(2)14-27(3)16-29)36-11-10-32-33(35(36)24-44(41)23-25)19-37-34(32)20-40(46)38-21-39(45)30-7-5-13-42(37,38)22-30/h14-16,25,28,30-41,45-47H,4-13,17-24H2,1-3H3. The molecule has 16 atom stereocenters. The van der Waals surface area contributed by atoms with Crippen LogP contribution in [-0.2, 0) is 6.42 Å². The van der Waals surface area contributed by atoms with Crippen molar-refractivity contribution >= 4 is 0 Å². The second-order valence-electron chi connectivity index (χ2n) is 19.5. The average molecular weight is 644 g/mol. The van der Waals surface area contributed by atoms with Crippen LogP contribution < -0.4 is 0 Å². The molecule has 0 aromatic heterocycles. The number of piperidine rings is 2. The van der Waals surface area contributed by atoms with E-state index in [4.69, 9.17) is 0 Å². The highest BCUT2D eigenvalue weighted by Crippen LogP contribution is 2.71. The van der Waals surface area contributed by atoms with Gasteiger partial charge >= 0.3 is 0 Å². The van der Waals surface area contributed by atoms with Crippen molar-refractivity contribution in [3.8, 4) is 0 Å². The maximum absolute atomic E-state index is 13.6. The van der Waals surface area contributed by atoms with E-state index in [1.165, 1.54) is 120 Å². The van der Waals surface area contributed by atoms with Gasteiger partial charge in [-0.3, -0.25) is 4.90 Å². The summed E-state index contributed by atoms with van der Waals surface area (Å²) < 4.78 is 0. The maximum atomic E-state index is 13.6. The minimum atomic E-state index is -0.561. The van der Waals surface area contributed by atoms with Gasteiger partial charge in [-0.15, -0.1) is 0 Å². The number of rotatable bonds is 3. The van der Waals surface area contributed by atoms with E-state index in [1.807, 2.05) is 0 Å². The molecule has 1 spiro atoms. The zero-order valence-corrected chi connectivity index (χ0v) is 29.8. The molecule has 2 bridgehead atoms. The Morgan fingerprint density at radius 1 is 0.723 bits per heavy atom. The Kier molecular flexibility index (Phi) is 8.04. The second kappa shape index (κ2) is 11.8. The first-order chi connectivity index (χ1) is 22.6. The minimum Gasteiger partial charge on any atom is -0.393 e. The van der Waals surface area contributed by atoms with Crippen molar-refractivity contribution in [1.29, 1.82) is 0 Å². The van der Waals surface area contributed by atoms with Crippen molar-refractivity contribution < 1.29 is 15.3 Å². The van der Waals surface area contributed by atoms with E-state index in [2.05, 4.69) is 43.9 Å². The quantitative estimate of drug-likeness (QED) is 0.316. The van der Waals surface area contributed by atoms with E-state index < -0.39 is 5.60 Å². The summed E-state index contributed by atoms with van der Waals surface area (Å²) in [6, 6.07) is 7.47. The Morgan fingerprint density at radius 2 is 1.55 bits per heavy atom. The van der Waals surface area contributed by atoms with Crippen LogP contribution in [0.5, 0.6) is 0 Å². The zero-order chi connectivity index (χ0) is 32.2. The summed E-state index contributed by atoms with van der Waals surface area (Å²) in [5, 5.41) is 36.4. The van der Waals surface area contributed by atoms with E-state index in [0.29, 0.717) is 53.4 Å². The van der Waals surface area contributed by atoms with Crippen LogP contribution in [0.3, 0.4) is 0 Å². The molecule has 1 aromatic carbocycles. The lowest BCUT2D eigenvalue weighted by Crippen LogP contribution is -2.71. The summed E-state index contributed by atoms with van der Waals surface area (Å²) in [6.45, 7) is 9.31. The molecule has 9 rings (SSSR count). The van der Waals surface area contributed by atoms with Gasteiger partial charge in [0.25, 0.3) is 0 Å². The summed E-state index contributed by atoms with van der Waals surface area (Å²) >= 11 is 0. The molecule has 1 aromatic rings. The molecule has 2 saturated heterocycles. The largest absolute Gasteiger partial charge is 0.393 e. The van der Waals surface area contributed by atoms with Crippen LogP contribution in [0.2, 0.25) is 0 Å². The molecule has 4 nitrogen and oxygen atoms in total. The molecular formula is C43H65NO3. The van der Waals surface area contributed by atoms with Gasteiger partial charge in [-0.2, -0.15) is 0 Å². The second-order valence-corrected chi connectivity index (χ2v) is 19.5. The molecule has 4 heteroatoms. The van der Waals surface area contributed by atoms with Crippen molar-refractivity contribution in [3.05, 3.63) is 34.9 Å². The molecule has 0 radical (unpaired) electrons. The topological polar surface area (TPSA) is 63.9 Å². The van der Waals surface area contributed by atoms with Crippen LogP contribution in [0, 0.1) is 84.4 Å². The molecule has 2 heterocycles. The average Bonchev–Trinajstić information content (AvgIpc) is 3.42. The van der Waals surface area contributed by atoms with Crippen LogP contribution in [0.15, 0.2) is 18.2 Å². The zero-order valence-electron chi connectivity index (χ0n) is 29.8. The fourth-order valence-electron chi connectivity index (χ4n) is 15.7. The monoisotopic (exact) mass is 643 g/mol. The van der Waals surface area contributed by atoms with E-state index in [1.54, 1.807) is 0 Å². The molecule has 3 N–H and O–H groups in total. The highest BCUT2D eigenvalue weighted by molar-refractivity contribution is 5.29. The summed E-state index contributed by atoms with van der Waals surface area (Å²) in [5.41, 5.74) is 3.97. The summed E-state index contributed by atoms with van der Waals surface area (Å²) in [5.74, 6) is 6.44. The Balaban J connectivity index is 1.02. The molecular weight excluding hydrogens is 578 g/mol. The van der Waals surface area contributed by atoms with Gasteiger partial charge in [0.05, 0.1) is 17.8 Å². The summed E-state index contributed by atoms with van der Waals surface area (Å²) in [7, 11) is 0. The first kappa shape index (κ1) is 32.0. The number of benzene rings is 1. The summed E-state index contributed by atoms with van der Waals surface area (Å²) in [6.07, 6.45) is 18.7. The normalized spacial score (nSPS) is 52.5. The van der Waals surface area contributed by atoms with Gasteiger partial charge in [0.1, 0.15) is 0 Å². The van der Waals surface area contributed by atoms with Crippen LogP contribution in [-0.4, -0.2) is 57.2 Å². The number of nitrogens with zero attached hydrogens (tertiary/aromatic N) is 1. The van der Waals surface area contributed by atoms with Crippen molar-refractivity contribution in [3.63, 3.8) is 0 Å². The van der Waals surface area contributed by atoms with Gasteiger partial charge in [0.2, 0.25) is 0 Å². The summed E-state index contributed by atoms with van der Waals surface area (Å²) in [4.78, 5) is 2.84. The lowest BCUT2D eigenvalue weighted by Gasteiger charge is -2.63. The molecule has 47 heavy (non-hydrogen) atoms. The smallest absolute Gasteiger partial charge is 0.0861 e. The lowest BCUT2D eigenvalue weighted by molar-refractivity contribution is -0.217. The predicted molar refractivity (Wildman–Crippen MR) is 188 cm³/mol. The molecule has 0 amide bonds. The Bertz CT molecular complexity index is 1310. The molecule has 2 aliphatic heterocycles. The third-order valence-corrected chi connectivity index (χ3v) is 17.1. The van der Waals surface area contributed by atoms with Gasteiger partial charge in [-0.1, -0.05) is 55.5 Å². The first-order valence-electron chi connectivity index (χ1n) is 20.5. The molecule has 16 unspecified atom stereocenters. The van der Waals surface area contributed by atoms with Gasteiger partial charge in [-0.25, -0.2) is 0 Å². The highest BCUT2D eigenvalue weighted by Gasteiger charge is 2.68. The van der Waals surface area contributed by atoms with E-state index in [-0.39, 0.29) is 17.6 Å². The fraction of sp³-hybridized carbons (Fsp3) is 0.860. The number of aryl methyl sites for hydroxylation is 2. The van der Waals surface area contributed by atoms with Crippen LogP contribution in [0.25, 0.3) is 0 Å². The Labute approximate surface area is 285 Å². The minimum absolute atomic E-state index is 0.201. The fourth-order valence-corrected chi connectivity index (χ4v) is 15.7. The van der Waals surface area contributed by atoms with Crippen LogP contribution >= 0.6 is 0 Å². The molecule has 260 valence electrons. The SMILES string of the molecule is Cc1cc(C)cc(CC2CCCC(C3(O)C4CCC5C(CC6C5CC(O)C5CC(O)C7CCCC56C7)C4CN4CC(C)CCC43)C2)c1. The van der Waals surface area contributed by atoms with Crippen molar-refractivity contribution in [2.24, 2.45) is 70.5 Å². The van der Waals surface area contributed by atoms with Crippen LogP contribution in [0.4, 0.5) is 0 Å². The number of fused-ring (bicyclic) bond motifs is 7. The number of aliphatic hydroxyl groups is 3. The first-order valence-corrected chi connectivity index (χ1v) is 20.5. The number of aliphatic hydroxyl groups excluding tert-OH is 2. The lowest BCUT2D eigenvalue weighted by atomic mass is 9.45. The van der Waals surface area contributed by atoms with Gasteiger partial charge in [0, 0.05) is 19.1 Å². The number of hydrogen-bond donors (Lipinski definition) is 3. The maximum Gasteiger partial charge on any atom is 0.0861 e. The molecule has 6 aliphatic carbocycles. The van der Waals surface area contributed by atoms with Gasteiger partial charge < -0.3 is 15.3 Å². The number of hydrogen-bond acceptors (Lipinski definition) is 4. The van der Waals surface area contributed by atoms with Gasteiger partial charge in [0.15, 0.2) is 0 Å². The Morgan fingerprint density at radius 3 is 2.38 bits per heavy atom. The van der Waals surface area contributed by atoms with E-state index >= 15 is 0 Å². The van der Waals surface area contributed by atoms with E-state index in [9.17, 15) is 15.3 Å². The highest BCUT2D eigenvalue weighted by atomic mass is 16.3. The molecule has 8 fully saturated rings. The van der Waals surface area contributed by atoms with Crippen LogP contribution in [0.1, 0.15) is 120 Å². The molecule has 8 aliphatic rings. The van der Waals surface area contributed by atoms with Gasteiger partial charge in [-0.05, 0) is 173 Å².